The Kier molecular flexibility index (Phi) is 4.69. The van der Waals surface area contributed by atoms with Gasteiger partial charge in [-0.25, -0.2) is 0 Å². The first-order valence-corrected chi connectivity index (χ1v) is 5.83. The standard InChI is InChI=1S/C14H21NO/c1-4-10-15(3)11-14(2,12-16)13-8-6-5-7-9-13/h5-9,12H,4,10-11H2,1-3H3. The summed E-state index contributed by atoms with van der Waals surface area (Å²) in [6.45, 7) is 5.95. The molecule has 0 N–H and O–H groups in total. The maximum atomic E-state index is 11.3. The molecule has 0 aliphatic rings. The molecule has 1 aromatic rings. The Morgan fingerprint density at radius 1 is 1.31 bits per heavy atom. The molecule has 1 rings (SSSR count). The lowest BCUT2D eigenvalue weighted by molar-refractivity contribution is -0.112. The average molecular weight is 219 g/mol. The SMILES string of the molecule is CCCN(C)CC(C)(C=O)c1ccccc1. The smallest absolute Gasteiger partial charge is 0.131 e. The molecule has 0 aromatic heterocycles. The molecule has 0 saturated heterocycles. The first-order chi connectivity index (χ1) is 7.62. The number of aldehydes is 1. The number of rotatable bonds is 6. The van der Waals surface area contributed by atoms with E-state index in [-0.39, 0.29) is 0 Å². The van der Waals surface area contributed by atoms with Gasteiger partial charge in [0, 0.05) is 6.54 Å². The lowest BCUT2D eigenvalue weighted by Crippen LogP contribution is -2.38. The number of hydrogen-bond donors (Lipinski definition) is 0. The molecule has 2 heteroatoms. The van der Waals surface area contributed by atoms with Crippen molar-refractivity contribution in [2.45, 2.75) is 25.7 Å². The highest BCUT2D eigenvalue weighted by atomic mass is 16.1. The van der Waals surface area contributed by atoms with Crippen LogP contribution in [0, 0.1) is 0 Å². The average Bonchev–Trinajstić information content (AvgIpc) is 2.30. The zero-order valence-corrected chi connectivity index (χ0v) is 10.4. The summed E-state index contributed by atoms with van der Waals surface area (Å²) in [5, 5.41) is 0. The quantitative estimate of drug-likeness (QED) is 0.685. The van der Waals surface area contributed by atoms with E-state index in [1.807, 2.05) is 37.3 Å². The van der Waals surface area contributed by atoms with Crippen molar-refractivity contribution in [3.05, 3.63) is 35.9 Å². The largest absolute Gasteiger partial charge is 0.305 e. The Hall–Kier alpha value is -1.15. The summed E-state index contributed by atoms with van der Waals surface area (Å²) >= 11 is 0. The van der Waals surface area contributed by atoms with Crippen LogP contribution in [-0.4, -0.2) is 31.3 Å². The molecule has 1 atom stereocenters. The summed E-state index contributed by atoms with van der Waals surface area (Å²) in [6, 6.07) is 9.99. The van der Waals surface area contributed by atoms with Crippen LogP contribution in [0.4, 0.5) is 0 Å². The Labute approximate surface area is 98.3 Å². The second kappa shape index (κ2) is 5.80. The molecule has 0 saturated carbocycles. The molecule has 16 heavy (non-hydrogen) atoms. The Morgan fingerprint density at radius 3 is 2.44 bits per heavy atom. The van der Waals surface area contributed by atoms with Gasteiger partial charge in [-0.3, -0.25) is 0 Å². The molecule has 0 radical (unpaired) electrons. The third-order valence-corrected chi connectivity index (χ3v) is 2.90. The Bertz CT molecular complexity index is 323. The van der Waals surface area contributed by atoms with Crippen molar-refractivity contribution in [3.63, 3.8) is 0 Å². The van der Waals surface area contributed by atoms with Crippen molar-refractivity contribution in [3.8, 4) is 0 Å². The highest BCUT2D eigenvalue weighted by Gasteiger charge is 2.27. The van der Waals surface area contributed by atoms with Crippen LogP contribution in [0.15, 0.2) is 30.3 Å². The van der Waals surface area contributed by atoms with E-state index in [2.05, 4.69) is 18.9 Å². The maximum absolute atomic E-state index is 11.3. The van der Waals surface area contributed by atoms with E-state index in [1.165, 1.54) is 0 Å². The summed E-state index contributed by atoms with van der Waals surface area (Å²) in [6.07, 6.45) is 2.18. The zero-order valence-electron chi connectivity index (χ0n) is 10.4. The van der Waals surface area contributed by atoms with Crippen LogP contribution in [0.5, 0.6) is 0 Å². The molecule has 0 aliphatic carbocycles. The second-order valence-electron chi connectivity index (χ2n) is 4.64. The topological polar surface area (TPSA) is 20.3 Å². The second-order valence-corrected chi connectivity index (χ2v) is 4.64. The fourth-order valence-corrected chi connectivity index (χ4v) is 2.04. The lowest BCUT2D eigenvalue weighted by atomic mass is 9.83. The van der Waals surface area contributed by atoms with Gasteiger partial charge in [-0.15, -0.1) is 0 Å². The minimum Gasteiger partial charge on any atom is -0.305 e. The van der Waals surface area contributed by atoms with Crippen LogP contribution >= 0.6 is 0 Å². The number of carbonyl (C=O) groups is 1. The van der Waals surface area contributed by atoms with Crippen molar-refractivity contribution in [2.75, 3.05) is 20.1 Å². The third-order valence-electron chi connectivity index (χ3n) is 2.90. The van der Waals surface area contributed by atoms with E-state index < -0.39 is 5.41 Å². The molecule has 2 nitrogen and oxygen atoms in total. The molecule has 88 valence electrons. The first-order valence-electron chi connectivity index (χ1n) is 5.83. The fourth-order valence-electron chi connectivity index (χ4n) is 2.04. The molecule has 1 unspecified atom stereocenters. The van der Waals surface area contributed by atoms with Gasteiger partial charge < -0.3 is 9.69 Å². The number of nitrogens with zero attached hydrogens (tertiary/aromatic N) is 1. The van der Waals surface area contributed by atoms with Crippen molar-refractivity contribution in [2.24, 2.45) is 0 Å². The maximum Gasteiger partial charge on any atom is 0.131 e. The molecule has 0 amide bonds. The van der Waals surface area contributed by atoms with E-state index in [1.54, 1.807) is 0 Å². The van der Waals surface area contributed by atoms with Crippen LogP contribution < -0.4 is 0 Å². The van der Waals surface area contributed by atoms with Gasteiger partial charge in [0.2, 0.25) is 0 Å². The number of hydrogen-bond acceptors (Lipinski definition) is 2. The van der Waals surface area contributed by atoms with Gasteiger partial charge >= 0.3 is 0 Å². The predicted molar refractivity (Wildman–Crippen MR) is 67.6 cm³/mol. The molecular formula is C14H21NO. The molecule has 0 bridgehead atoms. The van der Waals surface area contributed by atoms with Gasteiger partial charge in [-0.2, -0.15) is 0 Å². The van der Waals surface area contributed by atoms with Gasteiger partial charge in [0.05, 0.1) is 5.41 Å². The van der Waals surface area contributed by atoms with E-state index in [0.717, 1.165) is 31.4 Å². The number of likely N-dealkylation sites (N-methyl/N-ethyl adjacent to an activating group) is 1. The summed E-state index contributed by atoms with van der Waals surface area (Å²) in [5.74, 6) is 0. The van der Waals surface area contributed by atoms with Gasteiger partial charge in [-0.1, -0.05) is 37.3 Å². The molecule has 0 aliphatic heterocycles. The minimum absolute atomic E-state index is 0.398. The van der Waals surface area contributed by atoms with Crippen LogP contribution in [0.25, 0.3) is 0 Å². The normalized spacial score (nSPS) is 14.8. The number of carbonyl (C=O) groups excluding carboxylic acids is 1. The van der Waals surface area contributed by atoms with E-state index in [0.29, 0.717) is 0 Å². The van der Waals surface area contributed by atoms with Crippen LogP contribution in [-0.2, 0) is 10.2 Å². The van der Waals surface area contributed by atoms with Gasteiger partial charge in [0.15, 0.2) is 0 Å². The monoisotopic (exact) mass is 219 g/mol. The number of benzene rings is 1. The summed E-state index contributed by atoms with van der Waals surface area (Å²) < 4.78 is 0. The van der Waals surface area contributed by atoms with Gasteiger partial charge in [0.25, 0.3) is 0 Å². The molecule has 0 fully saturated rings. The zero-order chi connectivity index (χ0) is 12.0. The summed E-state index contributed by atoms with van der Waals surface area (Å²) in [7, 11) is 2.06. The van der Waals surface area contributed by atoms with Crippen molar-refractivity contribution >= 4 is 6.29 Å². The van der Waals surface area contributed by atoms with Crippen molar-refractivity contribution in [1.82, 2.24) is 4.90 Å². The lowest BCUT2D eigenvalue weighted by Gasteiger charge is -2.29. The predicted octanol–water partition coefficient (Wildman–Crippen LogP) is 2.49. The molecular weight excluding hydrogens is 198 g/mol. The van der Waals surface area contributed by atoms with Crippen LogP contribution in [0.1, 0.15) is 25.8 Å². The Balaban J connectivity index is 2.82. The molecule has 1 aromatic carbocycles. The third kappa shape index (κ3) is 3.17. The van der Waals surface area contributed by atoms with E-state index >= 15 is 0 Å². The van der Waals surface area contributed by atoms with Gasteiger partial charge in [0.1, 0.15) is 6.29 Å². The highest BCUT2D eigenvalue weighted by Crippen LogP contribution is 2.22. The Morgan fingerprint density at radius 2 is 1.94 bits per heavy atom. The van der Waals surface area contributed by atoms with Gasteiger partial charge in [-0.05, 0) is 32.5 Å². The summed E-state index contributed by atoms with van der Waals surface area (Å²) in [4.78, 5) is 13.6. The fraction of sp³-hybridized carbons (Fsp3) is 0.500. The summed E-state index contributed by atoms with van der Waals surface area (Å²) in [5.41, 5.74) is 0.693. The van der Waals surface area contributed by atoms with E-state index in [9.17, 15) is 4.79 Å². The van der Waals surface area contributed by atoms with Crippen molar-refractivity contribution in [1.29, 1.82) is 0 Å². The van der Waals surface area contributed by atoms with Crippen LogP contribution in [0.2, 0.25) is 0 Å². The molecule has 0 spiro atoms. The van der Waals surface area contributed by atoms with E-state index in [4.69, 9.17) is 0 Å². The van der Waals surface area contributed by atoms with Crippen LogP contribution in [0.3, 0.4) is 0 Å². The first kappa shape index (κ1) is 12.9. The molecule has 0 heterocycles. The highest BCUT2D eigenvalue weighted by molar-refractivity contribution is 5.68. The van der Waals surface area contributed by atoms with Crippen molar-refractivity contribution < 1.29 is 4.79 Å². The minimum atomic E-state index is -0.398.